The molecule has 0 aliphatic rings. The van der Waals surface area contributed by atoms with Crippen LogP contribution in [0.25, 0.3) is 16.2 Å². The van der Waals surface area contributed by atoms with Crippen molar-refractivity contribution in [1.82, 2.24) is 0 Å². The lowest BCUT2D eigenvalue weighted by molar-refractivity contribution is -0.137. The first kappa shape index (κ1) is 12.1. The number of halogens is 1. The van der Waals surface area contributed by atoms with Gasteiger partial charge in [0.25, 0.3) is 0 Å². The van der Waals surface area contributed by atoms with Gasteiger partial charge in [0.15, 0.2) is 0 Å². The zero-order chi connectivity index (χ0) is 12.3. The maximum atomic E-state index is 11.2. The van der Waals surface area contributed by atoms with Crippen molar-refractivity contribution in [3.63, 3.8) is 0 Å². The average molecular weight is 267 g/mol. The fourth-order valence-corrected chi connectivity index (χ4v) is 2.59. The maximum absolute atomic E-state index is 11.2. The van der Waals surface area contributed by atoms with E-state index in [9.17, 15) is 4.79 Å². The summed E-state index contributed by atoms with van der Waals surface area (Å²) in [5, 5.41) is 1.81. The van der Waals surface area contributed by atoms with Gasteiger partial charge in [-0.05, 0) is 42.7 Å². The highest BCUT2D eigenvalue weighted by molar-refractivity contribution is 7.19. The van der Waals surface area contributed by atoms with Crippen LogP contribution >= 0.6 is 22.9 Å². The zero-order valence-electron chi connectivity index (χ0n) is 9.27. The Morgan fingerprint density at radius 2 is 2.29 bits per heavy atom. The molecule has 2 aromatic rings. The number of hydrogen-bond donors (Lipinski definition) is 0. The Hall–Kier alpha value is -1.32. The minimum absolute atomic E-state index is 0.317. The molecule has 1 aromatic heterocycles. The Labute approximate surface area is 108 Å². The van der Waals surface area contributed by atoms with Crippen LogP contribution in [0.4, 0.5) is 0 Å². The van der Waals surface area contributed by atoms with Gasteiger partial charge in [-0.25, -0.2) is 4.79 Å². The van der Waals surface area contributed by atoms with Gasteiger partial charge in [-0.2, -0.15) is 0 Å². The maximum Gasteiger partial charge on any atom is 0.330 e. The van der Waals surface area contributed by atoms with E-state index in [4.69, 9.17) is 16.3 Å². The van der Waals surface area contributed by atoms with Crippen LogP contribution in [0.5, 0.6) is 0 Å². The number of thiophene rings is 1. The van der Waals surface area contributed by atoms with Gasteiger partial charge in [-0.3, -0.25) is 0 Å². The summed E-state index contributed by atoms with van der Waals surface area (Å²) in [6.07, 6.45) is 3.20. The quantitative estimate of drug-likeness (QED) is 0.617. The van der Waals surface area contributed by atoms with E-state index in [2.05, 4.69) is 0 Å². The molecule has 0 fully saturated rings. The normalized spacial score (nSPS) is 11.2. The zero-order valence-corrected chi connectivity index (χ0v) is 10.8. The van der Waals surface area contributed by atoms with Crippen molar-refractivity contribution in [3.8, 4) is 0 Å². The van der Waals surface area contributed by atoms with Crippen LogP contribution in [0.3, 0.4) is 0 Å². The molecular formula is C13H11ClO2S. The molecule has 0 aliphatic heterocycles. The molecule has 0 bridgehead atoms. The summed E-state index contributed by atoms with van der Waals surface area (Å²) < 4.78 is 5.97. The van der Waals surface area contributed by atoms with Gasteiger partial charge >= 0.3 is 5.97 Å². The summed E-state index contributed by atoms with van der Waals surface area (Å²) in [6.45, 7) is 2.18. The van der Waals surface area contributed by atoms with E-state index in [0.717, 1.165) is 20.0 Å². The van der Waals surface area contributed by atoms with Gasteiger partial charge in [-0.15, -0.1) is 11.3 Å². The number of carbonyl (C=O) groups excluding carboxylic acids is 1. The monoisotopic (exact) mass is 266 g/mol. The van der Waals surface area contributed by atoms with Crippen molar-refractivity contribution >= 4 is 45.1 Å². The molecular weight excluding hydrogens is 256 g/mol. The highest BCUT2D eigenvalue weighted by Gasteiger charge is 2.01. The molecule has 17 heavy (non-hydrogen) atoms. The second-order valence-corrected chi connectivity index (χ2v) is 4.97. The Kier molecular flexibility index (Phi) is 3.82. The van der Waals surface area contributed by atoms with Crippen molar-refractivity contribution in [2.75, 3.05) is 6.61 Å². The third-order valence-corrected chi connectivity index (χ3v) is 3.48. The number of fused-ring (bicyclic) bond motifs is 1. The number of carbonyl (C=O) groups is 1. The number of rotatable bonds is 3. The van der Waals surface area contributed by atoms with E-state index in [1.54, 1.807) is 24.3 Å². The fraction of sp³-hybridized carbons (Fsp3) is 0.154. The largest absolute Gasteiger partial charge is 0.463 e. The lowest BCUT2D eigenvalue weighted by atomic mass is 10.2. The predicted molar refractivity (Wildman–Crippen MR) is 72.5 cm³/mol. The summed E-state index contributed by atoms with van der Waals surface area (Å²) in [4.78, 5) is 12.2. The number of esters is 1. The van der Waals surface area contributed by atoms with Crippen molar-refractivity contribution < 1.29 is 9.53 Å². The van der Waals surface area contributed by atoms with E-state index in [-0.39, 0.29) is 5.97 Å². The molecule has 0 amide bonds. The average Bonchev–Trinajstić information content (AvgIpc) is 2.68. The summed E-state index contributed by atoms with van der Waals surface area (Å²) >= 11 is 7.52. The highest BCUT2D eigenvalue weighted by Crippen LogP contribution is 2.28. The second kappa shape index (κ2) is 5.34. The summed E-state index contributed by atoms with van der Waals surface area (Å²) in [6, 6.07) is 7.75. The van der Waals surface area contributed by atoms with Gasteiger partial charge in [-0.1, -0.05) is 11.6 Å². The number of ether oxygens (including phenoxy) is 1. The number of benzene rings is 1. The van der Waals surface area contributed by atoms with Gasteiger partial charge in [0.1, 0.15) is 0 Å². The molecule has 0 aliphatic carbocycles. The molecule has 0 N–H and O–H groups in total. The molecule has 0 saturated heterocycles. The first-order valence-electron chi connectivity index (χ1n) is 5.23. The lowest BCUT2D eigenvalue weighted by Crippen LogP contribution is -1.98. The minimum Gasteiger partial charge on any atom is -0.463 e. The van der Waals surface area contributed by atoms with Crippen molar-refractivity contribution in [3.05, 3.63) is 40.2 Å². The van der Waals surface area contributed by atoms with Gasteiger partial charge < -0.3 is 4.74 Å². The first-order valence-corrected chi connectivity index (χ1v) is 6.42. The van der Waals surface area contributed by atoms with Crippen LogP contribution in [-0.4, -0.2) is 12.6 Å². The molecule has 1 heterocycles. The standard InChI is InChI=1S/C13H11ClO2S/c1-2-16-13(15)6-4-11-8-9-7-10(14)3-5-12(9)17-11/h3-8H,2H2,1H3. The van der Waals surface area contributed by atoms with Gasteiger partial charge in [0.05, 0.1) is 6.61 Å². The van der Waals surface area contributed by atoms with Crippen LogP contribution in [0.15, 0.2) is 30.3 Å². The molecule has 0 saturated carbocycles. The van der Waals surface area contributed by atoms with Crippen molar-refractivity contribution in [2.24, 2.45) is 0 Å². The van der Waals surface area contributed by atoms with Crippen LogP contribution in [-0.2, 0) is 9.53 Å². The van der Waals surface area contributed by atoms with E-state index in [1.165, 1.54) is 6.08 Å². The molecule has 1 aromatic carbocycles. The lowest BCUT2D eigenvalue weighted by Gasteiger charge is -1.93. The Bertz CT molecular complexity index is 572. The smallest absolute Gasteiger partial charge is 0.330 e. The Morgan fingerprint density at radius 1 is 1.47 bits per heavy atom. The van der Waals surface area contributed by atoms with E-state index in [1.807, 2.05) is 24.3 Å². The van der Waals surface area contributed by atoms with E-state index < -0.39 is 0 Å². The summed E-state index contributed by atoms with van der Waals surface area (Å²) in [7, 11) is 0. The van der Waals surface area contributed by atoms with Crippen molar-refractivity contribution in [2.45, 2.75) is 6.92 Å². The molecule has 0 spiro atoms. The molecule has 0 atom stereocenters. The van der Waals surface area contributed by atoms with Gasteiger partial charge in [0.2, 0.25) is 0 Å². The van der Waals surface area contributed by atoms with Crippen LogP contribution in [0.2, 0.25) is 5.02 Å². The Balaban J connectivity index is 2.22. The third-order valence-electron chi connectivity index (χ3n) is 2.17. The molecule has 0 unspecified atom stereocenters. The summed E-state index contributed by atoms with van der Waals surface area (Å²) in [5.41, 5.74) is 0. The third kappa shape index (κ3) is 3.08. The summed E-state index contributed by atoms with van der Waals surface area (Å²) in [5.74, 6) is -0.317. The van der Waals surface area contributed by atoms with Crippen LogP contribution in [0.1, 0.15) is 11.8 Å². The minimum atomic E-state index is -0.317. The topological polar surface area (TPSA) is 26.3 Å². The molecule has 0 radical (unpaired) electrons. The van der Waals surface area contributed by atoms with Gasteiger partial charge in [0, 0.05) is 20.7 Å². The van der Waals surface area contributed by atoms with Crippen LogP contribution < -0.4 is 0 Å². The first-order chi connectivity index (χ1) is 8.19. The van der Waals surface area contributed by atoms with Crippen LogP contribution in [0, 0.1) is 0 Å². The number of hydrogen-bond acceptors (Lipinski definition) is 3. The van der Waals surface area contributed by atoms with E-state index >= 15 is 0 Å². The second-order valence-electron chi connectivity index (χ2n) is 3.42. The molecule has 88 valence electrons. The fourth-order valence-electron chi connectivity index (χ4n) is 1.46. The molecule has 4 heteroatoms. The Morgan fingerprint density at radius 3 is 3.06 bits per heavy atom. The predicted octanol–water partition coefficient (Wildman–Crippen LogP) is 4.13. The highest BCUT2D eigenvalue weighted by atomic mass is 35.5. The van der Waals surface area contributed by atoms with E-state index in [0.29, 0.717) is 6.61 Å². The SMILES string of the molecule is CCOC(=O)C=Cc1cc2cc(Cl)ccc2s1. The molecule has 2 nitrogen and oxygen atoms in total. The van der Waals surface area contributed by atoms with Crippen molar-refractivity contribution in [1.29, 1.82) is 0 Å². The molecule has 2 rings (SSSR count).